The van der Waals surface area contributed by atoms with E-state index in [0.29, 0.717) is 18.4 Å². The van der Waals surface area contributed by atoms with E-state index in [2.05, 4.69) is 10.2 Å². The number of hydrogen-bond acceptors (Lipinski definition) is 5. The first-order chi connectivity index (χ1) is 8.29. The fourth-order valence-corrected chi connectivity index (χ4v) is 1.92. The van der Waals surface area contributed by atoms with E-state index in [9.17, 15) is 4.79 Å². The first-order valence-electron chi connectivity index (χ1n) is 5.85. The fourth-order valence-electron chi connectivity index (χ4n) is 1.92. The molecule has 0 radical (unpaired) electrons. The number of furan rings is 1. The van der Waals surface area contributed by atoms with Gasteiger partial charge in [0.1, 0.15) is 5.76 Å². The molecule has 0 bridgehead atoms. The Bertz CT molecular complexity index is 368. The van der Waals surface area contributed by atoms with Crippen molar-refractivity contribution in [2.45, 2.75) is 38.3 Å². The summed E-state index contributed by atoms with van der Waals surface area (Å²) in [7, 11) is 1.33. The van der Waals surface area contributed by atoms with Crippen molar-refractivity contribution in [1.82, 2.24) is 5.48 Å². The predicted molar refractivity (Wildman–Crippen MR) is 60.2 cm³/mol. The molecule has 1 N–H and O–H groups in total. The van der Waals surface area contributed by atoms with Gasteiger partial charge in [-0.25, -0.2) is 4.79 Å². The van der Waals surface area contributed by atoms with Gasteiger partial charge < -0.3 is 9.15 Å². The van der Waals surface area contributed by atoms with Crippen LogP contribution in [-0.4, -0.2) is 19.2 Å². The van der Waals surface area contributed by atoms with Crippen molar-refractivity contribution < 1.29 is 18.8 Å². The highest BCUT2D eigenvalue weighted by atomic mass is 16.7. The zero-order valence-electron chi connectivity index (χ0n) is 9.90. The van der Waals surface area contributed by atoms with Gasteiger partial charge in [-0.2, -0.15) is 5.48 Å². The summed E-state index contributed by atoms with van der Waals surface area (Å²) < 4.78 is 9.83. The van der Waals surface area contributed by atoms with Crippen molar-refractivity contribution in [3.63, 3.8) is 0 Å². The number of carbonyl (C=O) groups is 1. The van der Waals surface area contributed by atoms with Gasteiger partial charge in [-0.1, -0.05) is 12.8 Å². The van der Waals surface area contributed by atoms with Crippen LogP contribution in [-0.2, 0) is 16.1 Å². The molecule has 0 saturated heterocycles. The zero-order chi connectivity index (χ0) is 12.1. The molecule has 0 spiro atoms. The SMILES string of the molecule is COC(=O)c1ccc(CNOC2CCCC2)o1. The molecule has 5 nitrogen and oxygen atoms in total. The van der Waals surface area contributed by atoms with Gasteiger partial charge in [-0.15, -0.1) is 0 Å². The molecule has 1 aromatic rings. The van der Waals surface area contributed by atoms with Crippen molar-refractivity contribution in [2.24, 2.45) is 0 Å². The summed E-state index contributed by atoms with van der Waals surface area (Å²) in [6.07, 6.45) is 5.00. The molecule has 17 heavy (non-hydrogen) atoms. The van der Waals surface area contributed by atoms with Gasteiger partial charge in [-0.3, -0.25) is 4.84 Å². The predicted octanol–water partition coefficient (Wildman–Crippen LogP) is 2.03. The van der Waals surface area contributed by atoms with Crippen LogP contribution in [0.4, 0.5) is 0 Å². The molecule has 0 aliphatic heterocycles. The van der Waals surface area contributed by atoms with Crippen LogP contribution < -0.4 is 5.48 Å². The van der Waals surface area contributed by atoms with Crippen LogP contribution >= 0.6 is 0 Å². The number of hydroxylamine groups is 1. The molecular weight excluding hydrogens is 222 g/mol. The number of esters is 1. The molecule has 94 valence electrons. The first kappa shape index (κ1) is 12.1. The van der Waals surface area contributed by atoms with Crippen molar-refractivity contribution in [1.29, 1.82) is 0 Å². The van der Waals surface area contributed by atoms with E-state index in [1.54, 1.807) is 12.1 Å². The lowest BCUT2D eigenvalue weighted by atomic mass is 10.3. The van der Waals surface area contributed by atoms with E-state index in [1.807, 2.05) is 0 Å². The Hall–Kier alpha value is -1.33. The Morgan fingerprint density at radius 2 is 2.24 bits per heavy atom. The minimum Gasteiger partial charge on any atom is -0.463 e. The number of ether oxygens (including phenoxy) is 1. The Kier molecular flexibility index (Phi) is 4.17. The monoisotopic (exact) mass is 239 g/mol. The first-order valence-corrected chi connectivity index (χ1v) is 5.85. The van der Waals surface area contributed by atoms with E-state index >= 15 is 0 Å². The highest BCUT2D eigenvalue weighted by Gasteiger charge is 2.16. The largest absolute Gasteiger partial charge is 0.463 e. The minimum atomic E-state index is -0.465. The second-order valence-corrected chi connectivity index (χ2v) is 4.10. The fraction of sp³-hybridized carbons (Fsp3) is 0.583. The number of carbonyl (C=O) groups excluding carboxylic acids is 1. The maximum absolute atomic E-state index is 11.1. The van der Waals surface area contributed by atoms with E-state index in [-0.39, 0.29) is 5.76 Å². The molecule has 2 rings (SSSR count). The standard InChI is InChI=1S/C12H17NO4/c1-15-12(14)11-7-6-10(16-11)8-13-17-9-4-2-3-5-9/h6-7,9,13H,2-5,8H2,1H3. The number of nitrogens with one attached hydrogen (secondary N) is 1. The lowest BCUT2D eigenvalue weighted by Crippen LogP contribution is -2.21. The van der Waals surface area contributed by atoms with Crippen molar-refractivity contribution >= 4 is 5.97 Å². The van der Waals surface area contributed by atoms with E-state index in [1.165, 1.54) is 20.0 Å². The number of rotatable bonds is 5. The van der Waals surface area contributed by atoms with E-state index in [0.717, 1.165) is 12.8 Å². The summed E-state index contributed by atoms with van der Waals surface area (Å²) in [6, 6.07) is 3.33. The molecule has 0 amide bonds. The van der Waals surface area contributed by atoms with Crippen LogP contribution in [0.15, 0.2) is 16.5 Å². The summed E-state index contributed by atoms with van der Waals surface area (Å²) in [5, 5.41) is 0. The van der Waals surface area contributed by atoms with Crippen molar-refractivity contribution in [2.75, 3.05) is 7.11 Å². The van der Waals surface area contributed by atoms with Crippen LogP contribution in [0.25, 0.3) is 0 Å². The van der Waals surface area contributed by atoms with Gasteiger partial charge in [0, 0.05) is 0 Å². The zero-order valence-corrected chi connectivity index (χ0v) is 9.90. The molecule has 0 unspecified atom stereocenters. The van der Waals surface area contributed by atoms with Crippen LogP contribution in [0, 0.1) is 0 Å². The topological polar surface area (TPSA) is 60.7 Å². The molecule has 1 heterocycles. The summed E-state index contributed by atoms with van der Waals surface area (Å²) in [5.74, 6) is 0.404. The van der Waals surface area contributed by atoms with Gasteiger partial charge in [0.05, 0.1) is 19.8 Å². The quantitative estimate of drug-likeness (QED) is 0.629. The third-order valence-electron chi connectivity index (χ3n) is 2.85. The number of hydrogen-bond donors (Lipinski definition) is 1. The van der Waals surface area contributed by atoms with E-state index in [4.69, 9.17) is 9.25 Å². The molecule has 0 atom stereocenters. The summed E-state index contributed by atoms with van der Waals surface area (Å²) >= 11 is 0. The molecule has 1 aliphatic rings. The highest BCUT2D eigenvalue weighted by Crippen LogP contribution is 2.20. The van der Waals surface area contributed by atoms with Crippen molar-refractivity contribution in [3.05, 3.63) is 23.7 Å². The smallest absolute Gasteiger partial charge is 0.373 e. The van der Waals surface area contributed by atoms with E-state index < -0.39 is 5.97 Å². The van der Waals surface area contributed by atoms with Gasteiger partial charge >= 0.3 is 5.97 Å². The molecule has 1 saturated carbocycles. The van der Waals surface area contributed by atoms with Crippen LogP contribution in [0.5, 0.6) is 0 Å². The summed E-state index contributed by atoms with van der Waals surface area (Å²) in [5.41, 5.74) is 2.87. The van der Waals surface area contributed by atoms with Gasteiger partial charge in [-0.05, 0) is 25.0 Å². The second kappa shape index (κ2) is 5.84. The second-order valence-electron chi connectivity index (χ2n) is 4.10. The minimum absolute atomic E-state index is 0.213. The third kappa shape index (κ3) is 3.31. The maximum atomic E-state index is 11.1. The Labute approximate surface area is 100 Å². The van der Waals surface area contributed by atoms with Crippen LogP contribution in [0.1, 0.15) is 42.0 Å². The molecular formula is C12H17NO4. The third-order valence-corrected chi connectivity index (χ3v) is 2.85. The molecule has 0 aromatic carbocycles. The summed E-state index contributed by atoms with van der Waals surface area (Å²) in [6.45, 7) is 0.452. The Morgan fingerprint density at radius 1 is 1.47 bits per heavy atom. The van der Waals surface area contributed by atoms with Crippen molar-refractivity contribution in [3.8, 4) is 0 Å². The highest BCUT2D eigenvalue weighted by molar-refractivity contribution is 5.86. The number of methoxy groups -OCH3 is 1. The van der Waals surface area contributed by atoms with Crippen LogP contribution in [0.3, 0.4) is 0 Å². The van der Waals surface area contributed by atoms with Gasteiger partial charge in [0.15, 0.2) is 0 Å². The average molecular weight is 239 g/mol. The molecule has 1 fully saturated rings. The molecule has 5 heteroatoms. The maximum Gasteiger partial charge on any atom is 0.373 e. The Balaban J connectivity index is 1.74. The van der Waals surface area contributed by atoms with Gasteiger partial charge in [0.25, 0.3) is 0 Å². The van der Waals surface area contributed by atoms with Gasteiger partial charge in [0.2, 0.25) is 5.76 Å². The summed E-state index contributed by atoms with van der Waals surface area (Å²) in [4.78, 5) is 16.6. The molecule has 1 aromatic heterocycles. The lowest BCUT2D eigenvalue weighted by molar-refractivity contribution is -0.0269. The average Bonchev–Trinajstić information content (AvgIpc) is 2.99. The lowest BCUT2D eigenvalue weighted by Gasteiger charge is -2.10. The normalized spacial score (nSPS) is 16.3. The Morgan fingerprint density at radius 3 is 2.94 bits per heavy atom. The molecule has 1 aliphatic carbocycles. The van der Waals surface area contributed by atoms with Crippen LogP contribution in [0.2, 0.25) is 0 Å².